The normalized spacial score (nSPS) is 18.9. The lowest BCUT2D eigenvalue weighted by Gasteiger charge is -2.11. The van der Waals surface area contributed by atoms with Crippen molar-refractivity contribution in [2.45, 2.75) is 12.5 Å². The minimum atomic E-state index is -0.175. The zero-order valence-corrected chi connectivity index (χ0v) is 12.0. The standard InChI is InChI=1S/C11H10Br2N2O2/c12-6-1-2-8(9(13)3-6)11(17)15-7-4-10(16)14-5-7/h1-3,7H,4-5H2,(H,14,16)(H,15,17). The predicted molar refractivity (Wildman–Crippen MR) is 70.7 cm³/mol. The molecule has 17 heavy (non-hydrogen) atoms. The molecule has 0 spiro atoms. The van der Waals surface area contributed by atoms with Crippen LogP contribution in [0.25, 0.3) is 0 Å². The van der Waals surface area contributed by atoms with Crippen LogP contribution in [0.4, 0.5) is 0 Å². The Morgan fingerprint density at radius 2 is 2.18 bits per heavy atom. The number of hydrogen-bond donors (Lipinski definition) is 2. The largest absolute Gasteiger partial charge is 0.354 e. The van der Waals surface area contributed by atoms with E-state index in [0.29, 0.717) is 18.5 Å². The smallest absolute Gasteiger partial charge is 0.252 e. The third-order valence-electron chi connectivity index (χ3n) is 2.49. The van der Waals surface area contributed by atoms with Crippen molar-refractivity contribution in [3.63, 3.8) is 0 Å². The number of amides is 2. The van der Waals surface area contributed by atoms with E-state index in [0.717, 1.165) is 8.95 Å². The fourth-order valence-electron chi connectivity index (χ4n) is 1.64. The van der Waals surface area contributed by atoms with Crippen LogP contribution in [0, 0.1) is 0 Å². The number of halogens is 2. The molecule has 0 bridgehead atoms. The summed E-state index contributed by atoms with van der Waals surface area (Å²) < 4.78 is 1.63. The Morgan fingerprint density at radius 1 is 1.41 bits per heavy atom. The molecule has 6 heteroatoms. The minimum absolute atomic E-state index is 0.0230. The summed E-state index contributed by atoms with van der Waals surface area (Å²) in [5.74, 6) is -0.198. The van der Waals surface area contributed by atoms with Gasteiger partial charge >= 0.3 is 0 Å². The van der Waals surface area contributed by atoms with Gasteiger partial charge in [0, 0.05) is 21.9 Å². The molecular weight excluding hydrogens is 352 g/mol. The van der Waals surface area contributed by atoms with E-state index in [2.05, 4.69) is 42.5 Å². The van der Waals surface area contributed by atoms with Crippen molar-refractivity contribution in [1.29, 1.82) is 0 Å². The van der Waals surface area contributed by atoms with Gasteiger partial charge in [-0.2, -0.15) is 0 Å². The molecule has 1 aromatic carbocycles. The average Bonchev–Trinajstić information content (AvgIpc) is 2.63. The van der Waals surface area contributed by atoms with Crippen molar-refractivity contribution in [3.8, 4) is 0 Å². The molecule has 0 aromatic heterocycles. The fourth-order valence-corrected chi connectivity index (χ4v) is 2.87. The van der Waals surface area contributed by atoms with E-state index in [1.807, 2.05) is 6.07 Å². The molecule has 1 heterocycles. The molecule has 1 fully saturated rings. The molecule has 0 aliphatic carbocycles. The van der Waals surface area contributed by atoms with Gasteiger partial charge in [0.15, 0.2) is 0 Å². The first kappa shape index (κ1) is 12.6. The Kier molecular flexibility index (Phi) is 3.83. The van der Waals surface area contributed by atoms with Crippen LogP contribution < -0.4 is 10.6 Å². The number of carbonyl (C=O) groups is 2. The molecule has 2 rings (SSSR count). The third kappa shape index (κ3) is 3.07. The van der Waals surface area contributed by atoms with Crippen molar-refractivity contribution in [3.05, 3.63) is 32.7 Å². The second kappa shape index (κ2) is 5.18. The number of nitrogens with one attached hydrogen (secondary N) is 2. The van der Waals surface area contributed by atoms with E-state index in [1.165, 1.54) is 0 Å². The maximum atomic E-state index is 11.9. The molecule has 0 saturated carbocycles. The summed E-state index contributed by atoms with van der Waals surface area (Å²) >= 11 is 6.66. The molecule has 1 saturated heterocycles. The zero-order chi connectivity index (χ0) is 12.4. The van der Waals surface area contributed by atoms with Gasteiger partial charge < -0.3 is 10.6 Å². The van der Waals surface area contributed by atoms with Gasteiger partial charge in [0.05, 0.1) is 11.6 Å². The minimum Gasteiger partial charge on any atom is -0.354 e. The summed E-state index contributed by atoms with van der Waals surface area (Å²) in [7, 11) is 0. The van der Waals surface area contributed by atoms with Gasteiger partial charge in [-0.25, -0.2) is 0 Å². The maximum absolute atomic E-state index is 11.9. The fraction of sp³-hybridized carbons (Fsp3) is 0.273. The maximum Gasteiger partial charge on any atom is 0.252 e. The summed E-state index contributed by atoms with van der Waals surface area (Å²) in [6, 6.07) is 5.23. The van der Waals surface area contributed by atoms with Crippen molar-refractivity contribution in [2.24, 2.45) is 0 Å². The Morgan fingerprint density at radius 3 is 2.76 bits per heavy atom. The monoisotopic (exact) mass is 360 g/mol. The van der Waals surface area contributed by atoms with E-state index < -0.39 is 0 Å². The lowest BCUT2D eigenvalue weighted by molar-refractivity contribution is -0.119. The van der Waals surface area contributed by atoms with E-state index in [1.54, 1.807) is 12.1 Å². The van der Waals surface area contributed by atoms with Gasteiger partial charge in [-0.05, 0) is 34.1 Å². The Labute approximate surface area is 115 Å². The summed E-state index contributed by atoms with van der Waals surface area (Å²) in [4.78, 5) is 22.9. The summed E-state index contributed by atoms with van der Waals surface area (Å²) in [5, 5.41) is 5.50. The number of carbonyl (C=O) groups excluding carboxylic acids is 2. The van der Waals surface area contributed by atoms with Crippen LogP contribution in [0.1, 0.15) is 16.8 Å². The molecule has 2 N–H and O–H groups in total. The van der Waals surface area contributed by atoms with E-state index in [-0.39, 0.29) is 17.9 Å². The molecule has 1 aliphatic heterocycles. The Hall–Kier alpha value is -0.880. The van der Waals surface area contributed by atoms with E-state index in [9.17, 15) is 9.59 Å². The second-order valence-corrected chi connectivity index (χ2v) is 5.57. The van der Waals surface area contributed by atoms with Gasteiger partial charge in [-0.3, -0.25) is 9.59 Å². The van der Waals surface area contributed by atoms with Gasteiger partial charge in [0.25, 0.3) is 5.91 Å². The molecule has 1 aromatic rings. The quantitative estimate of drug-likeness (QED) is 0.844. The number of benzene rings is 1. The highest BCUT2D eigenvalue weighted by molar-refractivity contribution is 9.11. The third-order valence-corrected chi connectivity index (χ3v) is 3.64. The zero-order valence-electron chi connectivity index (χ0n) is 8.80. The van der Waals surface area contributed by atoms with E-state index >= 15 is 0 Å². The highest BCUT2D eigenvalue weighted by atomic mass is 79.9. The number of hydrogen-bond acceptors (Lipinski definition) is 2. The van der Waals surface area contributed by atoms with Gasteiger partial charge in [-0.1, -0.05) is 15.9 Å². The first-order chi connectivity index (χ1) is 8.06. The van der Waals surface area contributed by atoms with Crippen LogP contribution in [0.15, 0.2) is 27.1 Å². The first-order valence-electron chi connectivity index (χ1n) is 5.09. The van der Waals surface area contributed by atoms with Crippen LogP contribution in [0.5, 0.6) is 0 Å². The highest BCUT2D eigenvalue weighted by Crippen LogP contribution is 2.22. The second-order valence-electron chi connectivity index (χ2n) is 3.80. The van der Waals surface area contributed by atoms with Crippen molar-refractivity contribution < 1.29 is 9.59 Å². The van der Waals surface area contributed by atoms with Crippen LogP contribution in [-0.2, 0) is 4.79 Å². The predicted octanol–water partition coefficient (Wildman–Crippen LogP) is 1.83. The molecule has 1 atom stereocenters. The number of rotatable bonds is 2. The van der Waals surface area contributed by atoms with Crippen LogP contribution >= 0.6 is 31.9 Å². The molecule has 0 radical (unpaired) electrons. The van der Waals surface area contributed by atoms with Gasteiger partial charge in [0.1, 0.15) is 0 Å². The topological polar surface area (TPSA) is 58.2 Å². The lowest BCUT2D eigenvalue weighted by Crippen LogP contribution is -2.36. The molecule has 4 nitrogen and oxygen atoms in total. The Bertz CT molecular complexity index is 477. The summed E-state index contributed by atoms with van der Waals surface area (Å²) in [6.45, 7) is 0.499. The van der Waals surface area contributed by atoms with Gasteiger partial charge in [0.2, 0.25) is 5.91 Å². The van der Waals surface area contributed by atoms with Crippen molar-refractivity contribution >= 4 is 43.7 Å². The van der Waals surface area contributed by atoms with Gasteiger partial charge in [-0.15, -0.1) is 0 Å². The van der Waals surface area contributed by atoms with Crippen molar-refractivity contribution in [1.82, 2.24) is 10.6 Å². The molecular formula is C11H10Br2N2O2. The highest BCUT2D eigenvalue weighted by Gasteiger charge is 2.23. The van der Waals surface area contributed by atoms with Crippen LogP contribution in [-0.4, -0.2) is 24.4 Å². The molecule has 90 valence electrons. The van der Waals surface area contributed by atoms with E-state index in [4.69, 9.17) is 0 Å². The SMILES string of the molecule is O=C1CC(NC(=O)c2ccc(Br)cc2Br)CN1. The van der Waals surface area contributed by atoms with Crippen LogP contribution in [0.2, 0.25) is 0 Å². The van der Waals surface area contributed by atoms with Crippen molar-refractivity contribution in [2.75, 3.05) is 6.54 Å². The first-order valence-corrected chi connectivity index (χ1v) is 6.67. The van der Waals surface area contributed by atoms with Crippen LogP contribution in [0.3, 0.4) is 0 Å². The molecule has 1 aliphatic rings. The molecule has 1 unspecified atom stereocenters. The average molecular weight is 362 g/mol. The molecule has 2 amide bonds. The summed E-state index contributed by atoms with van der Waals surface area (Å²) in [6.07, 6.45) is 0.347. The summed E-state index contributed by atoms with van der Waals surface area (Å²) in [5.41, 5.74) is 0.563. The lowest BCUT2D eigenvalue weighted by atomic mass is 10.2. The Balaban J connectivity index is 2.07.